The molecule has 0 unspecified atom stereocenters. The van der Waals surface area contributed by atoms with E-state index in [-0.39, 0.29) is 5.56 Å². The van der Waals surface area contributed by atoms with E-state index in [4.69, 9.17) is 0 Å². The van der Waals surface area contributed by atoms with Crippen molar-refractivity contribution in [1.82, 2.24) is 14.9 Å². The highest BCUT2D eigenvalue weighted by molar-refractivity contribution is 9.10. The fraction of sp³-hybridized carbons (Fsp3) is 0.292. The highest BCUT2D eigenvalue weighted by atomic mass is 79.9. The molecule has 0 saturated carbocycles. The van der Waals surface area contributed by atoms with E-state index in [0.29, 0.717) is 5.92 Å². The molecule has 4 aromatic rings. The molecule has 5 rings (SSSR count). The quantitative estimate of drug-likeness (QED) is 0.450. The molecule has 2 aromatic heterocycles. The lowest BCUT2D eigenvalue weighted by Gasteiger charge is -2.32. The maximum absolute atomic E-state index is 12.1. The number of likely N-dealkylation sites (tertiary alicyclic amines) is 1. The second-order valence-corrected chi connectivity index (χ2v) is 8.92. The highest BCUT2D eigenvalue weighted by Crippen LogP contribution is 2.33. The lowest BCUT2D eigenvalue weighted by atomic mass is 9.89. The van der Waals surface area contributed by atoms with E-state index >= 15 is 0 Å². The molecular weight excluding hydrogens is 426 g/mol. The fourth-order valence-electron chi connectivity index (χ4n) is 4.69. The highest BCUT2D eigenvalue weighted by Gasteiger charge is 2.22. The molecule has 0 aliphatic carbocycles. The van der Waals surface area contributed by atoms with Crippen LogP contribution in [-0.2, 0) is 6.42 Å². The molecule has 1 aliphatic heterocycles. The number of halogens is 1. The number of nitrogens with one attached hydrogen (secondary N) is 2. The number of hydrogen-bond acceptors (Lipinski definition) is 2. The number of H-pyrrole nitrogens is 2. The number of aromatic nitrogens is 2. The van der Waals surface area contributed by atoms with Gasteiger partial charge in [-0.3, -0.25) is 4.79 Å². The van der Waals surface area contributed by atoms with Gasteiger partial charge in [0, 0.05) is 45.1 Å². The molecule has 0 atom stereocenters. The predicted octanol–water partition coefficient (Wildman–Crippen LogP) is 5.19. The van der Waals surface area contributed by atoms with Crippen LogP contribution in [-0.4, -0.2) is 34.5 Å². The van der Waals surface area contributed by atoms with Crippen LogP contribution in [0, 0.1) is 0 Å². The van der Waals surface area contributed by atoms with Gasteiger partial charge in [0.15, 0.2) is 0 Å². The van der Waals surface area contributed by atoms with Gasteiger partial charge in [-0.05, 0) is 67.6 Å². The summed E-state index contributed by atoms with van der Waals surface area (Å²) in [4.78, 5) is 21.0. The van der Waals surface area contributed by atoms with E-state index < -0.39 is 0 Å². The van der Waals surface area contributed by atoms with Crippen LogP contribution in [0.2, 0.25) is 0 Å². The number of piperidine rings is 1. The van der Waals surface area contributed by atoms with Crippen molar-refractivity contribution in [3.63, 3.8) is 0 Å². The monoisotopic (exact) mass is 449 g/mol. The zero-order chi connectivity index (χ0) is 19.8. The molecule has 4 nitrogen and oxygen atoms in total. The molecule has 2 N–H and O–H groups in total. The minimum Gasteiger partial charge on any atom is -0.361 e. The maximum atomic E-state index is 12.1. The van der Waals surface area contributed by atoms with E-state index in [2.05, 4.69) is 67.3 Å². The Morgan fingerprint density at radius 1 is 1.00 bits per heavy atom. The van der Waals surface area contributed by atoms with Crippen LogP contribution in [0.4, 0.5) is 0 Å². The minimum atomic E-state index is -0.0244. The first-order valence-electron chi connectivity index (χ1n) is 10.3. The number of aromatic amines is 2. The average Bonchev–Trinajstić information content (AvgIpc) is 3.16. The summed E-state index contributed by atoms with van der Waals surface area (Å²) in [5.74, 6) is 0.625. The number of hydrogen-bond donors (Lipinski definition) is 2. The Labute approximate surface area is 178 Å². The summed E-state index contributed by atoms with van der Waals surface area (Å²) in [5.41, 5.74) is 4.71. The Bertz CT molecular complexity index is 1220. The largest absolute Gasteiger partial charge is 0.361 e. The first-order valence-corrected chi connectivity index (χ1v) is 11.1. The van der Waals surface area contributed by atoms with Crippen LogP contribution in [0.15, 0.2) is 64.0 Å². The summed E-state index contributed by atoms with van der Waals surface area (Å²) in [7, 11) is 0. The van der Waals surface area contributed by atoms with Gasteiger partial charge < -0.3 is 14.9 Å². The third kappa shape index (κ3) is 3.77. The van der Waals surface area contributed by atoms with Gasteiger partial charge in [-0.1, -0.05) is 40.2 Å². The van der Waals surface area contributed by atoms with Gasteiger partial charge in [0.05, 0.1) is 0 Å². The van der Waals surface area contributed by atoms with Gasteiger partial charge in [-0.2, -0.15) is 0 Å². The molecule has 1 fully saturated rings. The predicted molar refractivity (Wildman–Crippen MR) is 123 cm³/mol. The molecular formula is C24H24BrN3O. The van der Waals surface area contributed by atoms with E-state index in [0.717, 1.165) is 47.0 Å². The van der Waals surface area contributed by atoms with E-state index in [9.17, 15) is 4.79 Å². The van der Waals surface area contributed by atoms with E-state index in [1.54, 1.807) is 6.07 Å². The Morgan fingerprint density at radius 2 is 1.83 bits per heavy atom. The Kier molecular flexibility index (Phi) is 5.02. The van der Waals surface area contributed by atoms with Crippen LogP contribution >= 0.6 is 15.9 Å². The first-order chi connectivity index (χ1) is 14.2. The first kappa shape index (κ1) is 18.6. The van der Waals surface area contributed by atoms with Crippen molar-refractivity contribution in [2.75, 3.05) is 19.6 Å². The van der Waals surface area contributed by atoms with Crippen LogP contribution in [0.3, 0.4) is 0 Å². The third-order valence-corrected chi connectivity index (χ3v) is 6.73. The number of nitrogens with zero attached hydrogens (tertiary/aromatic N) is 1. The van der Waals surface area contributed by atoms with Crippen molar-refractivity contribution in [3.05, 3.63) is 80.7 Å². The molecule has 5 heteroatoms. The fourth-order valence-corrected chi connectivity index (χ4v) is 5.05. The van der Waals surface area contributed by atoms with Crippen molar-refractivity contribution >= 4 is 37.7 Å². The second-order valence-electron chi connectivity index (χ2n) is 8.00. The third-order valence-electron chi connectivity index (χ3n) is 6.24. The van der Waals surface area contributed by atoms with Gasteiger partial charge in [0.25, 0.3) is 0 Å². The molecule has 0 spiro atoms. The van der Waals surface area contributed by atoms with Gasteiger partial charge in [0.1, 0.15) is 0 Å². The van der Waals surface area contributed by atoms with Crippen molar-refractivity contribution in [2.45, 2.75) is 25.2 Å². The standard InChI is InChI=1S/C24H24BrN3O/c25-18-5-6-19-17(13-24(29)27-23(19)14-18)9-12-28-10-7-16(8-11-28)21-15-26-22-4-2-1-3-20(21)22/h1-6,13-16,26H,7-12H2,(H,27,29). The van der Waals surface area contributed by atoms with Crippen molar-refractivity contribution in [2.24, 2.45) is 0 Å². The number of para-hydroxylation sites is 1. The lowest BCUT2D eigenvalue weighted by Crippen LogP contribution is -2.34. The number of pyridine rings is 1. The average molecular weight is 450 g/mol. The molecule has 0 radical (unpaired) electrons. The van der Waals surface area contributed by atoms with Crippen molar-refractivity contribution < 1.29 is 0 Å². The van der Waals surface area contributed by atoms with Crippen molar-refractivity contribution in [1.29, 1.82) is 0 Å². The second kappa shape index (κ2) is 7.81. The van der Waals surface area contributed by atoms with E-state index in [1.807, 2.05) is 12.1 Å². The smallest absolute Gasteiger partial charge is 0.248 e. The number of fused-ring (bicyclic) bond motifs is 2. The Balaban J connectivity index is 1.26. The van der Waals surface area contributed by atoms with Gasteiger partial charge in [0.2, 0.25) is 5.56 Å². The summed E-state index contributed by atoms with van der Waals surface area (Å²) in [6.07, 6.45) is 5.47. The topological polar surface area (TPSA) is 51.9 Å². The molecule has 0 bridgehead atoms. The van der Waals surface area contributed by atoms with Gasteiger partial charge in [-0.25, -0.2) is 0 Å². The van der Waals surface area contributed by atoms with Gasteiger partial charge in [-0.15, -0.1) is 0 Å². The van der Waals surface area contributed by atoms with Crippen LogP contribution < -0.4 is 5.56 Å². The zero-order valence-electron chi connectivity index (χ0n) is 16.2. The summed E-state index contributed by atoms with van der Waals surface area (Å²) in [6, 6.07) is 16.5. The SMILES string of the molecule is O=c1cc(CCN2CCC(c3c[nH]c4ccccc34)CC2)c2ccc(Br)cc2[nH]1. The summed E-state index contributed by atoms with van der Waals surface area (Å²) in [5, 5.41) is 2.51. The molecule has 1 aliphatic rings. The maximum Gasteiger partial charge on any atom is 0.248 e. The van der Waals surface area contributed by atoms with E-state index in [1.165, 1.54) is 29.3 Å². The van der Waals surface area contributed by atoms with Crippen LogP contribution in [0.5, 0.6) is 0 Å². The summed E-state index contributed by atoms with van der Waals surface area (Å²) < 4.78 is 0.983. The molecule has 1 saturated heterocycles. The molecule has 29 heavy (non-hydrogen) atoms. The lowest BCUT2D eigenvalue weighted by molar-refractivity contribution is 0.215. The molecule has 3 heterocycles. The van der Waals surface area contributed by atoms with Crippen LogP contribution in [0.1, 0.15) is 29.9 Å². The Hall–Kier alpha value is -2.37. The zero-order valence-corrected chi connectivity index (χ0v) is 17.8. The summed E-state index contributed by atoms with van der Waals surface area (Å²) in [6.45, 7) is 3.21. The molecule has 0 amide bonds. The number of rotatable bonds is 4. The normalized spacial score (nSPS) is 16.0. The molecule has 2 aromatic carbocycles. The minimum absolute atomic E-state index is 0.0244. The van der Waals surface area contributed by atoms with Gasteiger partial charge >= 0.3 is 0 Å². The number of benzene rings is 2. The van der Waals surface area contributed by atoms with Crippen molar-refractivity contribution in [3.8, 4) is 0 Å². The molecule has 148 valence electrons. The van der Waals surface area contributed by atoms with Crippen LogP contribution in [0.25, 0.3) is 21.8 Å². The summed E-state index contributed by atoms with van der Waals surface area (Å²) >= 11 is 3.49. The Morgan fingerprint density at radius 3 is 2.69 bits per heavy atom.